The van der Waals surface area contributed by atoms with Crippen LogP contribution in [0.1, 0.15) is 10.5 Å². The lowest BCUT2D eigenvalue weighted by Gasteiger charge is -2.15. The molecule has 0 radical (unpaired) electrons. The zero-order chi connectivity index (χ0) is 7.84. The highest BCUT2D eigenvalue weighted by molar-refractivity contribution is 6.01. The zero-order valence-electron chi connectivity index (χ0n) is 6.00. The van der Waals surface area contributed by atoms with Crippen molar-refractivity contribution in [3.8, 4) is 0 Å². The third-order valence-corrected chi connectivity index (χ3v) is 1.83. The van der Waals surface area contributed by atoms with E-state index in [-0.39, 0.29) is 5.78 Å². The van der Waals surface area contributed by atoms with E-state index in [0.717, 1.165) is 0 Å². The average Bonchev–Trinajstić information content (AvgIpc) is 2.34. The number of carbonyl (C=O) groups is 1. The first-order chi connectivity index (χ1) is 5.29. The summed E-state index contributed by atoms with van der Waals surface area (Å²) in [6.45, 7) is 1.08. The SMILES string of the molecule is Nc1ccn2c1C(=O)CNC2. The van der Waals surface area contributed by atoms with Crippen LogP contribution in [0.4, 0.5) is 5.69 Å². The molecule has 0 bridgehead atoms. The fourth-order valence-corrected chi connectivity index (χ4v) is 1.32. The van der Waals surface area contributed by atoms with Crippen molar-refractivity contribution in [1.29, 1.82) is 0 Å². The average molecular weight is 151 g/mol. The highest BCUT2D eigenvalue weighted by atomic mass is 16.1. The van der Waals surface area contributed by atoms with Crippen LogP contribution in [0.25, 0.3) is 0 Å². The topological polar surface area (TPSA) is 60.0 Å². The smallest absolute Gasteiger partial charge is 0.195 e. The molecule has 0 spiro atoms. The van der Waals surface area contributed by atoms with Gasteiger partial charge >= 0.3 is 0 Å². The Bertz CT molecular complexity index is 303. The van der Waals surface area contributed by atoms with Gasteiger partial charge in [0, 0.05) is 6.20 Å². The van der Waals surface area contributed by atoms with Gasteiger partial charge in [-0.3, -0.25) is 10.1 Å². The van der Waals surface area contributed by atoms with E-state index in [1.54, 1.807) is 6.07 Å². The van der Waals surface area contributed by atoms with Gasteiger partial charge in [0.25, 0.3) is 0 Å². The normalized spacial score (nSPS) is 16.5. The van der Waals surface area contributed by atoms with E-state index >= 15 is 0 Å². The van der Waals surface area contributed by atoms with E-state index in [0.29, 0.717) is 24.6 Å². The van der Waals surface area contributed by atoms with Crippen molar-refractivity contribution in [3.05, 3.63) is 18.0 Å². The number of carbonyl (C=O) groups excluding carboxylic acids is 1. The summed E-state index contributed by atoms with van der Waals surface area (Å²) in [5.74, 6) is 0.0683. The summed E-state index contributed by atoms with van der Waals surface area (Å²) in [7, 11) is 0. The highest BCUT2D eigenvalue weighted by Crippen LogP contribution is 2.15. The molecule has 11 heavy (non-hydrogen) atoms. The molecule has 0 aliphatic carbocycles. The van der Waals surface area contributed by atoms with Crippen molar-refractivity contribution in [2.45, 2.75) is 6.67 Å². The summed E-state index contributed by atoms with van der Waals surface area (Å²) in [5.41, 5.74) is 6.80. The largest absolute Gasteiger partial charge is 0.397 e. The number of fused-ring (bicyclic) bond motifs is 1. The van der Waals surface area contributed by atoms with E-state index in [9.17, 15) is 4.79 Å². The van der Waals surface area contributed by atoms with Crippen LogP contribution in [-0.4, -0.2) is 16.9 Å². The first kappa shape index (κ1) is 6.42. The van der Waals surface area contributed by atoms with E-state index in [1.807, 2.05) is 10.8 Å². The molecule has 0 amide bonds. The molecular weight excluding hydrogens is 142 g/mol. The second-order valence-corrected chi connectivity index (χ2v) is 2.60. The van der Waals surface area contributed by atoms with Crippen LogP contribution < -0.4 is 11.1 Å². The van der Waals surface area contributed by atoms with Crippen LogP contribution in [0.15, 0.2) is 12.3 Å². The van der Waals surface area contributed by atoms with Gasteiger partial charge in [-0.2, -0.15) is 0 Å². The Balaban J connectivity index is 2.56. The molecule has 2 heterocycles. The summed E-state index contributed by atoms with van der Waals surface area (Å²) in [4.78, 5) is 11.2. The summed E-state index contributed by atoms with van der Waals surface area (Å²) >= 11 is 0. The van der Waals surface area contributed by atoms with Crippen LogP contribution in [0.5, 0.6) is 0 Å². The van der Waals surface area contributed by atoms with Gasteiger partial charge in [-0.25, -0.2) is 0 Å². The number of aromatic nitrogens is 1. The highest BCUT2D eigenvalue weighted by Gasteiger charge is 2.18. The van der Waals surface area contributed by atoms with Gasteiger partial charge in [-0.05, 0) is 6.07 Å². The summed E-state index contributed by atoms with van der Waals surface area (Å²) in [6, 6.07) is 1.75. The number of hydrogen-bond donors (Lipinski definition) is 2. The number of nitrogens with zero attached hydrogens (tertiary/aromatic N) is 1. The molecule has 0 unspecified atom stereocenters. The summed E-state index contributed by atoms with van der Waals surface area (Å²) in [6.07, 6.45) is 1.81. The Kier molecular flexibility index (Phi) is 1.22. The van der Waals surface area contributed by atoms with Gasteiger partial charge in [0.1, 0.15) is 5.69 Å². The van der Waals surface area contributed by atoms with Crippen LogP contribution >= 0.6 is 0 Å². The first-order valence-electron chi connectivity index (χ1n) is 3.47. The van der Waals surface area contributed by atoms with E-state index in [2.05, 4.69) is 5.32 Å². The molecule has 0 atom stereocenters. The lowest BCUT2D eigenvalue weighted by Crippen LogP contribution is -2.33. The molecule has 3 N–H and O–H groups in total. The minimum Gasteiger partial charge on any atom is -0.397 e. The Morgan fingerprint density at radius 1 is 1.64 bits per heavy atom. The lowest BCUT2D eigenvalue weighted by atomic mass is 10.2. The van der Waals surface area contributed by atoms with Crippen LogP contribution in [0, 0.1) is 0 Å². The Morgan fingerprint density at radius 3 is 3.18 bits per heavy atom. The van der Waals surface area contributed by atoms with E-state index < -0.39 is 0 Å². The molecule has 4 nitrogen and oxygen atoms in total. The fraction of sp³-hybridized carbons (Fsp3) is 0.286. The van der Waals surface area contributed by atoms with Crippen LogP contribution in [0.3, 0.4) is 0 Å². The number of nitrogens with one attached hydrogen (secondary N) is 1. The Labute approximate surface area is 64.0 Å². The van der Waals surface area contributed by atoms with Crippen molar-refractivity contribution in [1.82, 2.24) is 9.88 Å². The number of hydrogen-bond acceptors (Lipinski definition) is 3. The molecule has 0 saturated heterocycles. The molecule has 0 saturated carbocycles. The monoisotopic (exact) mass is 151 g/mol. The number of rotatable bonds is 0. The molecule has 1 aliphatic heterocycles. The Morgan fingerprint density at radius 2 is 2.45 bits per heavy atom. The Hall–Kier alpha value is -1.29. The molecule has 58 valence electrons. The predicted molar refractivity (Wildman–Crippen MR) is 41.2 cm³/mol. The zero-order valence-corrected chi connectivity index (χ0v) is 6.00. The predicted octanol–water partition coefficient (Wildman–Crippen LogP) is -0.186. The summed E-state index contributed by atoms with van der Waals surface area (Å²) < 4.78 is 1.82. The minimum atomic E-state index is 0.0683. The maximum atomic E-state index is 11.2. The van der Waals surface area contributed by atoms with E-state index in [1.165, 1.54) is 0 Å². The van der Waals surface area contributed by atoms with Crippen molar-refractivity contribution in [3.63, 3.8) is 0 Å². The molecule has 0 aromatic carbocycles. The molecular formula is C7H9N3O. The molecule has 2 rings (SSSR count). The van der Waals surface area contributed by atoms with Crippen molar-refractivity contribution in [2.75, 3.05) is 12.3 Å². The van der Waals surface area contributed by atoms with Gasteiger partial charge < -0.3 is 10.3 Å². The first-order valence-corrected chi connectivity index (χ1v) is 3.47. The van der Waals surface area contributed by atoms with Crippen LogP contribution in [0.2, 0.25) is 0 Å². The standard InChI is InChI=1S/C7H9N3O/c8-5-1-2-10-4-9-3-6(11)7(5)10/h1-2,9H,3-4,8H2. The van der Waals surface area contributed by atoms with Gasteiger partial charge in [-0.15, -0.1) is 0 Å². The number of nitrogen functional groups attached to an aromatic ring is 1. The van der Waals surface area contributed by atoms with Crippen LogP contribution in [-0.2, 0) is 6.67 Å². The summed E-state index contributed by atoms with van der Waals surface area (Å²) in [5, 5.41) is 2.96. The van der Waals surface area contributed by atoms with Gasteiger partial charge in [0.15, 0.2) is 5.78 Å². The van der Waals surface area contributed by atoms with Gasteiger partial charge in [-0.1, -0.05) is 0 Å². The molecule has 1 aromatic rings. The third kappa shape index (κ3) is 0.832. The van der Waals surface area contributed by atoms with Crippen molar-refractivity contribution < 1.29 is 4.79 Å². The molecule has 1 aromatic heterocycles. The fourth-order valence-electron chi connectivity index (χ4n) is 1.32. The quantitative estimate of drug-likeness (QED) is 0.540. The van der Waals surface area contributed by atoms with E-state index in [4.69, 9.17) is 5.73 Å². The van der Waals surface area contributed by atoms with Gasteiger partial charge in [0.05, 0.1) is 18.9 Å². The molecule has 0 fully saturated rings. The lowest BCUT2D eigenvalue weighted by molar-refractivity contribution is 0.0964. The molecule has 4 heteroatoms. The third-order valence-electron chi connectivity index (χ3n) is 1.83. The number of anilines is 1. The maximum Gasteiger partial charge on any atom is 0.195 e. The second kappa shape index (κ2) is 2.10. The van der Waals surface area contributed by atoms with Crippen molar-refractivity contribution >= 4 is 11.5 Å². The minimum absolute atomic E-state index is 0.0683. The van der Waals surface area contributed by atoms with Gasteiger partial charge in [0.2, 0.25) is 0 Å². The number of nitrogens with two attached hydrogens (primary N) is 1. The number of Topliss-reactive ketones (excluding diaryl/α,β-unsaturated/α-hetero) is 1. The number of ketones is 1. The molecule has 1 aliphatic rings. The second-order valence-electron chi connectivity index (χ2n) is 2.60. The maximum absolute atomic E-state index is 11.2. The van der Waals surface area contributed by atoms with Crippen molar-refractivity contribution in [2.24, 2.45) is 0 Å².